The number of nitrogens with zero attached hydrogens (tertiary/aromatic N) is 1. The van der Waals surface area contributed by atoms with Crippen molar-refractivity contribution in [2.45, 2.75) is 18.4 Å². The van der Waals surface area contributed by atoms with Crippen molar-refractivity contribution in [3.05, 3.63) is 98.6 Å². The Morgan fingerprint density at radius 2 is 1.94 bits per heavy atom. The maximum atomic E-state index is 11.6. The zero-order valence-electron chi connectivity index (χ0n) is 16.7. The van der Waals surface area contributed by atoms with Gasteiger partial charge in [0.05, 0.1) is 23.6 Å². The van der Waals surface area contributed by atoms with Crippen LogP contribution in [0.1, 0.15) is 44.6 Å². The van der Waals surface area contributed by atoms with Crippen LogP contribution >= 0.6 is 0 Å². The smallest absolute Gasteiger partial charge is 0.335 e. The molecule has 31 heavy (non-hydrogen) atoms. The maximum absolute atomic E-state index is 11.6. The Morgan fingerprint density at radius 1 is 1.13 bits per heavy atom. The summed E-state index contributed by atoms with van der Waals surface area (Å²) >= 11 is 0. The van der Waals surface area contributed by atoms with Gasteiger partial charge >= 0.3 is 11.7 Å². The van der Waals surface area contributed by atoms with Gasteiger partial charge in [-0.05, 0) is 58.9 Å². The van der Waals surface area contributed by atoms with E-state index in [-0.39, 0.29) is 34.9 Å². The summed E-state index contributed by atoms with van der Waals surface area (Å²) in [7, 11) is 1.42. The lowest BCUT2D eigenvalue weighted by atomic mass is 9.75. The number of methoxy groups -OCH3 is 1. The fourth-order valence-electron chi connectivity index (χ4n) is 5.07. The third-order valence-corrected chi connectivity index (χ3v) is 6.41. The first-order valence-corrected chi connectivity index (χ1v) is 10.0. The molecule has 0 saturated heterocycles. The lowest BCUT2D eigenvalue weighted by Gasteiger charge is -2.38. The number of ether oxygens (including phenoxy) is 1. The molecule has 3 aromatic carbocycles. The van der Waals surface area contributed by atoms with Crippen LogP contribution in [-0.4, -0.2) is 23.1 Å². The summed E-state index contributed by atoms with van der Waals surface area (Å²) < 4.78 is 5.16. The molecule has 5 rings (SSSR count). The molecule has 2 aliphatic rings. The van der Waals surface area contributed by atoms with Gasteiger partial charge in [-0.1, -0.05) is 30.3 Å². The number of nitro groups is 1. The lowest BCUT2D eigenvalue weighted by molar-refractivity contribution is -0.385. The van der Waals surface area contributed by atoms with Crippen molar-refractivity contribution < 1.29 is 19.6 Å². The van der Waals surface area contributed by atoms with Crippen molar-refractivity contribution in [2.75, 3.05) is 12.4 Å². The van der Waals surface area contributed by atoms with E-state index in [1.807, 2.05) is 18.2 Å². The molecule has 0 bridgehead atoms. The molecular weight excluding hydrogens is 396 g/mol. The number of carboxylic acids is 1. The first kappa shape index (κ1) is 19.1. The Hall–Kier alpha value is -3.87. The topological polar surface area (TPSA) is 102 Å². The van der Waals surface area contributed by atoms with Crippen molar-refractivity contribution in [3.8, 4) is 5.75 Å². The van der Waals surface area contributed by atoms with Gasteiger partial charge in [0, 0.05) is 17.7 Å². The highest BCUT2D eigenvalue weighted by Gasteiger charge is 2.43. The quantitative estimate of drug-likeness (QED) is 0.469. The molecule has 156 valence electrons. The summed E-state index contributed by atoms with van der Waals surface area (Å²) in [5.41, 5.74) is 5.21. The van der Waals surface area contributed by atoms with E-state index in [4.69, 9.17) is 4.74 Å². The highest BCUT2D eigenvalue weighted by molar-refractivity contribution is 5.89. The monoisotopic (exact) mass is 416 g/mol. The molecule has 3 aromatic rings. The zero-order chi connectivity index (χ0) is 21.7. The number of hydrogen-bond donors (Lipinski definition) is 2. The number of hydrogen-bond acceptors (Lipinski definition) is 5. The second kappa shape index (κ2) is 7.12. The van der Waals surface area contributed by atoms with Gasteiger partial charge in [0.2, 0.25) is 0 Å². The van der Waals surface area contributed by atoms with Crippen LogP contribution in [0.15, 0.2) is 60.7 Å². The summed E-state index contributed by atoms with van der Waals surface area (Å²) in [6.07, 6.45) is 0.801. The van der Waals surface area contributed by atoms with E-state index >= 15 is 0 Å². The van der Waals surface area contributed by atoms with Crippen LogP contribution in [0, 0.1) is 16.0 Å². The van der Waals surface area contributed by atoms with Gasteiger partial charge in [0.25, 0.3) is 0 Å². The number of nitro benzene ring substituents is 1. The second-order valence-corrected chi connectivity index (χ2v) is 7.96. The number of rotatable bonds is 4. The van der Waals surface area contributed by atoms with Gasteiger partial charge in [-0.3, -0.25) is 10.1 Å². The van der Waals surface area contributed by atoms with E-state index in [0.29, 0.717) is 0 Å². The van der Waals surface area contributed by atoms with E-state index in [1.165, 1.54) is 18.2 Å². The standard InChI is InChI=1S/C24H20N2O5/c1-31-21-9-7-14(12-20(21)26(29)30)23-18-10-13-4-2-3-5-16(13)22(18)17-11-15(24(27)28)6-8-19(17)25-23/h2-9,11-12,18,22-23,25H,10H2,1H3,(H,27,28)/t18-,22-,23+/m1/s1. The van der Waals surface area contributed by atoms with Crippen LogP contribution in [-0.2, 0) is 6.42 Å². The predicted octanol–water partition coefficient (Wildman–Crippen LogP) is 4.77. The predicted molar refractivity (Wildman–Crippen MR) is 115 cm³/mol. The molecule has 0 radical (unpaired) electrons. The number of fused-ring (bicyclic) bond motifs is 5. The molecule has 3 atom stereocenters. The molecule has 0 unspecified atom stereocenters. The molecule has 7 heteroatoms. The number of benzene rings is 3. The average Bonchev–Trinajstić information content (AvgIpc) is 3.17. The minimum atomic E-state index is -0.960. The average molecular weight is 416 g/mol. The van der Waals surface area contributed by atoms with Gasteiger partial charge in [-0.25, -0.2) is 4.79 Å². The summed E-state index contributed by atoms with van der Waals surface area (Å²) in [6.45, 7) is 0. The van der Waals surface area contributed by atoms with Crippen LogP contribution in [0.4, 0.5) is 11.4 Å². The van der Waals surface area contributed by atoms with Crippen molar-refractivity contribution in [3.63, 3.8) is 0 Å². The molecule has 0 fully saturated rings. The van der Waals surface area contributed by atoms with Crippen LogP contribution in [0.25, 0.3) is 0 Å². The van der Waals surface area contributed by atoms with Gasteiger partial charge in [0.1, 0.15) is 0 Å². The summed E-state index contributed by atoms with van der Waals surface area (Å²) in [5, 5.41) is 24.6. The highest BCUT2D eigenvalue weighted by Crippen LogP contribution is 2.54. The number of carboxylic acid groups (broad SMARTS) is 1. The molecule has 0 spiro atoms. The molecule has 1 heterocycles. The zero-order valence-corrected chi connectivity index (χ0v) is 16.7. The van der Waals surface area contributed by atoms with E-state index in [1.54, 1.807) is 30.3 Å². The lowest BCUT2D eigenvalue weighted by Crippen LogP contribution is -2.30. The number of carbonyl (C=O) groups is 1. The van der Waals surface area contributed by atoms with Gasteiger partial charge in [0.15, 0.2) is 5.75 Å². The van der Waals surface area contributed by atoms with E-state index in [9.17, 15) is 20.0 Å². The van der Waals surface area contributed by atoms with E-state index in [0.717, 1.165) is 23.2 Å². The van der Waals surface area contributed by atoms with Crippen molar-refractivity contribution in [1.82, 2.24) is 0 Å². The Balaban J connectivity index is 1.66. The van der Waals surface area contributed by atoms with Crippen molar-refractivity contribution in [1.29, 1.82) is 0 Å². The Kier molecular flexibility index (Phi) is 4.39. The van der Waals surface area contributed by atoms with Crippen LogP contribution in [0.2, 0.25) is 0 Å². The normalized spacial score (nSPS) is 20.7. The minimum absolute atomic E-state index is 0.0120. The maximum Gasteiger partial charge on any atom is 0.335 e. The number of anilines is 1. The van der Waals surface area contributed by atoms with E-state index < -0.39 is 10.9 Å². The fraction of sp³-hybridized carbons (Fsp3) is 0.208. The first-order chi connectivity index (χ1) is 15.0. The summed E-state index contributed by atoms with van der Waals surface area (Å²) in [6, 6.07) is 18.2. The van der Waals surface area contributed by atoms with Crippen molar-refractivity contribution in [2.24, 2.45) is 5.92 Å². The molecule has 0 aromatic heterocycles. The molecule has 7 nitrogen and oxygen atoms in total. The third kappa shape index (κ3) is 3.01. The van der Waals surface area contributed by atoms with Gasteiger partial charge in [-0.2, -0.15) is 0 Å². The highest BCUT2D eigenvalue weighted by atomic mass is 16.6. The van der Waals surface area contributed by atoms with Crippen molar-refractivity contribution >= 4 is 17.3 Å². The largest absolute Gasteiger partial charge is 0.490 e. The van der Waals surface area contributed by atoms with Gasteiger partial charge < -0.3 is 15.2 Å². The first-order valence-electron chi connectivity index (χ1n) is 10.0. The molecule has 0 saturated carbocycles. The Morgan fingerprint density at radius 3 is 2.68 bits per heavy atom. The van der Waals surface area contributed by atoms with Crippen LogP contribution < -0.4 is 10.1 Å². The molecule has 2 N–H and O–H groups in total. The third-order valence-electron chi connectivity index (χ3n) is 6.41. The minimum Gasteiger partial charge on any atom is -0.490 e. The van der Waals surface area contributed by atoms with Gasteiger partial charge in [-0.15, -0.1) is 0 Å². The van der Waals surface area contributed by atoms with Crippen LogP contribution in [0.5, 0.6) is 5.75 Å². The molecular formula is C24H20N2O5. The molecule has 1 aliphatic carbocycles. The fourth-order valence-corrected chi connectivity index (χ4v) is 5.07. The number of aromatic carboxylic acids is 1. The second-order valence-electron chi connectivity index (χ2n) is 7.96. The number of nitrogens with one attached hydrogen (secondary N) is 1. The van der Waals surface area contributed by atoms with E-state index in [2.05, 4.69) is 17.4 Å². The SMILES string of the molecule is COc1ccc([C@@H]2Nc3ccc(C(=O)O)cc3[C@H]3c4ccccc4C[C@H]32)cc1[N+](=O)[O-]. The summed E-state index contributed by atoms with van der Waals surface area (Å²) in [4.78, 5) is 22.7. The van der Waals surface area contributed by atoms with Crippen LogP contribution in [0.3, 0.4) is 0 Å². The Labute approximate surface area is 178 Å². The Bertz CT molecular complexity index is 1220. The molecule has 1 aliphatic heterocycles. The molecule has 0 amide bonds. The summed E-state index contributed by atoms with van der Waals surface area (Å²) in [5.74, 6) is -0.624.